The molecule has 1 spiro atoms. The van der Waals surface area contributed by atoms with Crippen molar-refractivity contribution in [1.82, 2.24) is 30.1 Å². The summed E-state index contributed by atoms with van der Waals surface area (Å²) in [6.07, 6.45) is 9.95. The standard InChI is InChI=1S/C27H38N6O/c1-5-19-10-11-22-20(16-19)17-21(25(34)28-22)23(24-29-30-31-33(24)26(2,3)4)32-15-9-14-27(18-32)12-7-6-8-13-27/h10-11,16-17,23H,5-9,12-15,18H2,1-4H3,(H,28,34)/t23-/m1/s1. The van der Waals surface area contributed by atoms with Crippen molar-refractivity contribution in [3.05, 3.63) is 51.6 Å². The van der Waals surface area contributed by atoms with Gasteiger partial charge in [0.25, 0.3) is 5.56 Å². The lowest BCUT2D eigenvalue weighted by Gasteiger charge is -2.47. The number of aromatic amines is 1. The average molecular weight is 463 g/mol. The molecule has 1 aliphatic carbocycles. The van der Waals surface area contributed by atoms with Gasteiger partial charge in [0.1, 0.15) is 6.04 Å². The number of aromatic nitrogens is 5. The van der Waals surface area contributed by atoms with Gasteiger partial charge in [-0.1, -0.05) is 32.3 Å². The predicted octanol–water partition coefficient (Wildman–Crippen LogP) is 4.97. The second-order valence-electron chi connectivity index (χ2n) is 11.5. The summed E-state index contributed by atoms with van der Waals surface area (Å²) in [4.78, 5) is 19.2. The van der Waals surface area contributed by atoms with Gasteiger partial charge < -0.3 is 4.98 Å². The van der Waals surface area contributed by atoms with Crippen LogP contribution in [-0.4, -0.2) is 43.2 Å². The van der Waals surface area contributed by atoms with Gasteiger partial charge in [-0.2, -0.15) is 0 Å². The summed E-state index contributed by atoms with van der Waals surface area (Å²) in [5.41, 5.74) is 2.91. The third-order valence-corrected chi connectivity index (χ3v) is 7.98. The van der Waals surface area contributed by atoms with Gasteiger partial charge in [-0.05, 0) is 104 Å². The number of H-pyrrole nitrogens is 1. The molecule has 0 bridgehead atoms. The molecule has 1 atom stereocenters. The summed E-state index contributed by atoms with van der Waals surface area (Å²) < 4.78 is 1.91. The van der Waals surface area contributed by atoms with Gasteiger partial charge in [0.05, 0.1) is 5.54 Å². The van der Waals surface area contributed by atoms with Crippen LogP contribution in [0.3, 0.4) is 0 Å². The molecule has 7 heteroatoms. The van der Waals surface area contributed by atoms with Gasteiger partial charge in [-0.15, -0.1) is 5.10 Å². The maximum atomic E-state index is 13.5. The van der Waals surface area contributed by atoms with Crippen molar-refractivity contribution in [2.24, 2.45) is 5.41 Å². The molecule has 2 fully saturated rings. The van der Waals surface area contributed by atoms with Crippen molar-refractivity contribution in [2.75, 3.05) is 13.1 Å². The van der Waals surface area contributed by atoms with Crippen LogP contribution < -0.4 is 5.56 Å². The Morgan fingerprint density at radius 2 is 1.85 bits per heavy atom. The molecular weight excluding hydrogens is 424 g/mol. The van der Waals surface area contributed by atoms with Gasteiger partial charge in [0, 0.05) is 17.6 Å². The fraction of sp³-hybridized carbons (Fsp3) is 0.630. The number of rotatable bonds is 4. The number of nitrogens with zero attached hydrogens (tertiary/aromatic N) is 5. The monoisotopic (exact) mass is 462 g/mol. The van der Waals surface area contributed by atoms with Gasteiger partial charge >= 0.3 is 0 Å². The Morgan fingerprint density at radius 3 is 2.59 bits per heavy atom. The maximum Gasteiger partial charge on any atom is 0.253 e. The third-order valence-electron chi connectivity index (χ3n) is 7.98. The molecular formula is C27H38N6O. The van der Waals surface area contributed by atoms with E-state index in [9.17, 15) is 4.79 Å². The number of hydrogen-bond acceptors (Lipinski definition) is 5. The first kappa shape index (κ1) is 23.2. The zero-order valence-electron chi connectivity index (χ0n) is 21.1. The van der Waals surface area contributed by atoms with Gasteiger partial charge in [-0.3, -0.25) is 9.69 Å². The molecule has 1 saturated heterocycles. The molecule has 2 aromatic heterocycles. The second kappa shape index (κ2) is 8.91. The number of piperidine rings is 1. The summed E-state index contributed by atoms with van der Waals surface area (Å²) in [5.74, 6) is 0.761. The Balaban J connectivity index is 1.65. The molecule has 3 heterocycles. The van der Waals surface area contributed by atoms with Crippen LogP contribution in [0.15, 0.2) is 29.1 Å². The van der Waals surface area contributed by atoms with Crippen LogP contribution in [0.5, 0.6) is 0 Å². The van der Waals surface area contributed by atoms with E-state index in [1.165, 1.54) is 44.1 Å². The van der Waals surface area contributed by atoms with Gasteiger partial charge in [0.15, 0.2) is 5.82 Å². The van der Waals surface area contributed by atoms with E-state index in [0.29, 0.717) is 5.41 Å². The quantitative estimate of drug-likeness (QED) is 0.592. The lowest BCUT2D eigenvalue weighted by molar-refractivity contribution is 0.0329. The average Bonchev–Trinajstić information content (AvgIpc) is 3.30. The smallest absolute Gasteiger partial charge is 0.253 e. The largest absolute Gasteiger partial charge is 0.322 e. The highest BCUT2D eigenvalue weighted by molar-refractivity contribution is 5.80. The van der Waals surface area contributed by atoms with Crippen LogP contribution in [0.25, 0.3) is 10.9 Å². The van der Waals surface area contributed by atoms with E-state index in [2.05, 4.69) is 71.3 Å². The summed E-state index contributed by atoms with van der Waals surface area (Å²) in [6.45, 7) is 10.4. The first-order valence-corrected chi connectivity index (χ1v) is 13.0. The Bertz CT molecular complexity index is 1210. The molecule has 0 unspecified atom stereocenters. The molecule has 1 aliphatic heterocycles. The minimum Gasteiger partial charge on any atom is -0.322 e. The topological polar surface area (TPSA) is 79.7 Å². The molecule has 3 aromatic rings. The first-order valence-electron chi connectivity index (χ1n) is 13.0. The Hall–Kier alpha value is -2.54. The van der Waals surface area contributed by atoms with Crippen LogP contribution >= 0.6 is 0 Å². The number of fused-ring (bicyclic) bond motifs is 1. The predicted molar refractivity (Wildman–Crippen MR) is 135 cm³/mol. The van der Waals surface area contributed by atoms with Gasteiger partial charge in [0.2, 0.25) is 0 Å². The molecule has 34 heavy (non-hydrogen) atoms. The van der Waals surface area contributed by atoms with Crippen molar-refractivity contribution in [3.63, 3.8) is 0 Å². The van der Waals surface area contributed by atoms with Crippen LogP contribution in [0.4, 0.5) is 0 Å². The number of hydrogen-bond donors (Lipinski definition) is 1. The van der Waals surface area contributed by atoms with E-state index in [1.807, 2.05) is 10.7 Å². The van der Waals surface area contributed by atoms with E-state index >= 15 is 0 Å². The molecule has 182 valence electrons. The lowest BCUT2D eigenvalue weighted by Crippen LogP contribution is -2.48. The first-order chi connectivity index (χ1) is 16.3. The fourth-order valence-electron chi connectivity index (χ4n) is 6.21. The highest BCUT2D eigenvalue weighted by Gasteiger charge is 2.41. The molecule has 1 N–H and O–H groups in total. The zero-order chi connectivity index (χ0) is 23.9. The summed E-state index contributed by atoms with van der Waals surface area (Å²) in [6, 6.07) is 8.12. The second-order valence-corrected chi connectivity index (χ2v) is 11.5. The van der Waals surface area contributed by atoms with E-state index < -0.39 is 0 Å². The Kier molecular flexibility index (Phi) is 6.09. The molecule has 1 saturated carbocycles. The molecule has 0 radical (unpaired) electrons. The third kappa shape index (κ3) is 4.30. The van der Waals surface area contributed by atoms with E-state index in [0.717, 1.165) is 48.2 Å². The number of benzene rings is 1. The summed E-state index contributed by atoms with van der Waals surface area (Å²) >= 11 is 0. The fourth-order valence-corrected chi connectivity index (χ4v) is 6.21. The number of nitrogens with one attached hydrogen (secondary N) is 1. The van der Waals surface area contributed by atoms with Crippen LogP contribution in [0.1, 0.15) is 95.6 Å². The molecule has 5 rings (SSSR count). The normalized spacial score (nSPS) is 20.1. The highest BCUT2D eigenvalue weighted by Crippen LogP contribution is 2.45. The minimum absolute atomic E-state index is 0.0477. The van der Waals surface area contributed by atoms with Gasteiger partial charge in [-0.25, -0.2) is 4.68 Å². The highest BCUT2D eigenvalue weighted by atomic mass is 16.1. The number of likely N-dealkylation sites (tertiary alicyclic amines) is 1. The Labute approximate surface area is 201 Å². The lowest BCUT2D eigenvalue weighted by atomic mass is 9.69. The van der Waals surface area contributed by atoms with E-state index in [4.69, 9.17) is 0 Å². The molecule has 0 amide bonds. The van der Waals surface area contributed by atoms with Crippen LogP contribution in [-0.2, 0) is 12.0 Å². The minimum atomic E-state index is -0.283. The number of aryl methyl sites for hydroxylation is 1. The van der Waals surface area contributed by atoms with Crippen LogP contribution in [0.2, 0.25) is 0 Å². The van der Waals surface area contributed by atoms with Crippen molar-refractivity contribution >= 4 is 10.9 Å². The number of tetrazole rings is 1. The molecule has 1 aromatic carbocycles. The van der Waals surface area contributed by atoms with Crippen molar-refractivity contribution in [3.8, 4) is 0 Å². The number of pyridine rings is 1. The van der Waals surface area contributed by atoms with Crippen molar-refractivity contribution in [1.29, 1.82) is 0 Å². The SMILES string of the molecule is CCc1ccc2[nH]c(=O)c([C@H](c3nnnn3C(C)(C)C)N3CCCC4(CCCCC4)C3)cc2c1. The summed E-state index contributed by atoms with van der Waals surface area (Å²) in [7, 11) is 0. The van der Waals surface area contributed by atoms with Crippen molar-refractivity contribution < 1.29 is 0 Å². The van der Waals surface area contributed by atoms with E-state index in [1.54, 1.807) is 0 Å². The molecule has 7 nitrogen and oxygen atoms in total. The summed E-state index contributed by atoms with van der Waals surface area (Å²) in [5, 5.41) is 14.0. The van der Waals surface area contributed by atoms with E-state index in [-0.39, 0.29) is 17.1 Å². The maximum absolute atomic E-state index is 13.5. The molecule has 2 aliphatic rings. The Morgan fingerprint density at radius 1 is 1.09 bits per heavy atom. The zero-order valence-corrected chi connectivity index (χ0v) is 21.1. The van der Waals surface area contributed by atoms with Crippen LogP contribution in [0, 0.1) is 5.41 Å². The van der Waals surface area contributed by atoms with Crippen molar-refractivity contribution in [2.45, 2.75) is 90.6 Å².